The van der Waals surface area contributed by atoms with Crippen LogP contribution >= 0.6 is 0 Å². The minimum Gasteiger partial charge on any atom is -0.341 e. The fraction of sp³-hybridized carbons (Fsp3) is 0.200. The summed E-state index contributed by atoms with van der Waals surface area (Å²) < 4.78 is 15.5. The minimum atomic E-state index is -0.516. The molecule has 0 fully saturated rings. The Morgan fingerprint density at radius 3 is 2.84 bits per heavy atom. The monoisotopic (exact) mass is 254 g/mol. The average Bonchev–Trinajstić information content (AvgIpc) is 2.99. The van der Waals surface area contributed by atoms with Crippen LogP contribution in [0.2, 0.25) is 0 Å². The maximum atomic E-state index is 13.6. The lowest BCUT2D eigenvalue weighted by Crippen LogP contribution is -2.10. The van der Waals surface area contributed by atoms with E-state index in [0.717, 1.165) is 5.69 Å². The summed E-state index contributed by atoms with van der Waals surface area (Å²) in [5.41, 5.74) is 1.38. The Bertz CT molecular complexity index is 696. The Balaban J connectivity index is 2.04. The molecule has 4 heteroatoms. The van der Waals surface area contributed by atoms with Gasteiger partial charge in [-0.25, -0.2) is 4.39 Å². The summed E-state index contributed by atoms with van der Waals surface area (Å²) in [7, 11) is 0. The van der Waals surface area contributed by atoms with E-state index in [1.807, 2.05) is 4.57 Å². The molecule has 2 heterocycles. The topological polar surface area (TPSA) is 45.8 Å². The van der Waals surface area contributed by atoms with Gasteiger partial charge in [0, 0.05) is 12.2 Å². The van der Waals surface area contributed by atoms with Crippen LogP contribution in [0.1, 0.15) is 34.1 Å². The van der Waals surface area contributed by atoms with Crippen molar-refractivity contribution < 1.29 is 9.18 Å². The SMILES string of the molecule is N#CC1CCn2c(C(=O)c3ccccc3F)ccc21. The van der Waals surface area contributed by atoms with E-state index < -0.39 is 5.82 Å². The van der Waals surface area contributed by atoms with Gasteiger partial charge >= 0.3 is 0 Å². The lowest BCUT2D eigenvalue weighted by molar-refractivity contribution is 0.102. The van der Waals surface area contributed by atoms with E-state index in [2.05, 4.69) is 6.07 Å². The molecule has 0 saturated carbocycles. The highest BCUT2D eigenvalue weighted by atomic mass is 19.1. The second-order valence-electron chi connectivity index (χ2n) is 4.57. The lowest BCUT2D eigenvalue weighted by Gasteiger charge is -2.06. The van der Waals surface area contributed by atoms with E-state index in [1.54, 1.807) is 24.3 Å². The van der Waals surface area contributed by atoms with Crippen molar-refractivity contribution in [3.63, 3.8) is 0 Å². The van der Waals surface area contributed by atoms with Crippen LogP contribution in [0.4, 0.5) is 4.39 Å². The Kier molecular flexibility index (Phi) is 2.68. The molecular formula is C15H11FN2O. The Hall–Kier alpha value is -2.41. The zero-order valence-electron chi connectivity index (χ0n) is 10.1. The van der Waals surface area contributed by atoms with Gasteiger partial charge in [0.05, 0.1) is 23.2 Å². The molecule has 1 atom stereocenters. The molecule has 0 radical (unpaired) electrons. The first-order valence-corrected chi connectivity index (χ1v) is 6.10. The first-order valence-electron chi connectivity index (χ1n) is 6.10. The molecule has 2 aromatic rings. The minimum absolute atomic E-state index is 0.0730. The van der Waals surface area contributed by atoms with Gasteiger partial charge in [-0.15, -0.1) is 0 Å². The van der Waals surface area contributed by atoms with E-state index in [0.29, 0.717) is 18.7 Å². The van der Waals surface area contributed by atoms with Gasteiger partial charge < -0.3 is 4.57 Å². The van der Waals surface area contributed by atoms with Crippen LogP contribution < -0.4 is 0 Å². The molecule has 0 amide bonds. The molecule has 19 heavy (non-hydrogen) atoms. The quantitative estimate of drug-likeness (QED) is 0.773. The third-order valence-electron chi connectivity index (χ3n) is 3.52. The van der Waals surface area contributed by atoms with Crippen LogP contribution in [-0.2, 0) is 6.54 Å². The van der Waals surface area contributed by atoms with E-state index >= 15 is 0 Å². The Labute approximate surface area is 109 Å². The first kappa shape index (κ1) is 11.7. The summed E-state index contributed by atoms with van der Waals surface area (Å²) in [4.78, 5) is 12.3. The smallest absolute Gasteiger partial charge is 0.212 e. The number of carbonyl (C=O) groups excluding carboxylic acids is 1. The van der Waals surface area contributed by atoms with Crippen LogP contribution in [0.3, 0.4) is 0 Å². The number of aromatic nitrogens is 1. The van der Waals surface area contributed by atoms with Crippen LogP contribution in [0, 0.1) is 17.1 Å². The van der Waals surface area contributed by atoms with Gasteiger partial charge in [-0.2, -0.15) is 5.26 Å². The third-order valence-corrected chi connectivity index (χ3v) is 3.52. The van der Waals surface area contributed by atoms with Gasteiger partial charge in [0.15, 0.2) is 0 Å². The molecule has 0 bridgehead atoms. The molecule has 1 aliphatic rings. The largest absolute Gasteiger partial charge is 0.341 e. The van der Waals surface area contributed by atoms with Gasteiger partial charge in [-0.3, -0.25) is 4.79 Å². The molecule has 1 aromatic carbocycles. The zero-order valence-corrected chi connectivity index (χ0v) is 10.1. The highest BCUT2D eigenvalue weighted by Gasteiger charge is 2.27. The predicted molar refractivity (Wildman–Crippen MR) is 67.2 cm³/mol. The van der Waals surface area contributed by atoms with Gasteiger partial charge in [0.25, 0.3) is 0 Å². The molecule has 94 valence electrons. The summed E-state index contributed by atoms with van der Waals surface area (Å²) >= 11 is 0. The van der Waals surface area contributed by atoms with Gasteiger partial charge in [-0.05, 0) is 30.7 Å². The van der Waals surface area contributed by atoms with Gasteiger partial charge in [0.1, 0.15) is 5.82 Å². The van der Waals surface area contributed by atoms with E-state index in [9.17, 15) is 9.18 Å². The van der Waals surface area contributed by atoms with Crippen molar-refractivity contribution in [1.29, 1.82) is 5.26 Å². The van der Waals surface area contributed by atoms with Gasteiger partial charge in [0.2, 0.25) is 5.78 Å². The molecule has 0 aliphatic carbocycles. The number of rotatable bonds is 2. The maximum absolute atomic E-state index is 13.6. The highest BCUT2D eigenvalue weighted by molar-refractivity contribution is 6.08. The van der Waals surface area contributed by atoms with E-state index in [1.165, 1.54) is 12.1 Å². The number of ketones is 1. The summed E-state index contributed by atoms with van der Waals surface area (Å²) in [6, 6.07) is 11.6. The van der Waals surface area contributed by atoms with E-state index in [-0.39, 0.29) is 17.3 Å². The fourth-order valence-electron chi connectivity index (χ4n) is 2.56. The number of carbonyl (C=O) groups is 1. The molecule has 0 saturated heterocycles. The van der Waals surface area contributed by atoms with Crippen LogP contribution in [0.25, 0.3) is 0 Å². The number of nitrogens with zero attached hydrogens (tertiary/aromatic N) is 2. The number of hydrogen-bond donors (Lipinski definition) is 0. The first-order chi connectivity index (χ1) is 9.22. The summed E-state index contributed by atoms with van der Waals surface area (Å²) in [5.74, 6) is -1.01. The molecule has 1 unspecified atom stereocenters. The third kappa shape index (κ3) is 1.75. The average molecular weight is 254 g/mol. The highest BCUT2D eigenvalue weighted by Crippen LogP contribution is 2.30. The molecule has 1 aliphatic heterocycles. The molecular weight excluding hydrogens is 243 g/mol. The lowest BCUT2D eigenvalue weighted by atomic mass is 10.1. The van der Waals surface area contributed by atoms with Crippen molar-refractivity contribution in [1.82, 2.24) is 4.57 Å². The van der Waals surface area contributed by atoms with E-state index in [4.69, 9.17) is 5.26 Å². The second-order valence-corrected chi connectivity index (χ2v) is 4.57. The standard InChI is InChI=1S/C15H11FN2O/c16-12-4-2-1-3-11(12)15(19)14-6-5-13-10(9-17)7-8-18(13)14/h1-6,10H,7-8H2. The zero-order chi connectivity index (χ0) is 13.4. The number of fused-ring (bicyclic) bond motifs is 1. The van der Waals surface area contributed by atoms with Crippen LogP contribution in [0.5, 0.6) is 0 Å². The number of halogens is 1. The van der Waals surface area contributed by atoms with Crippen LogP contribution in [0.15, 0.2) is 36.4 Å². The van der Waals surface area contributed by atoms with Crippen molar-refractivity contribution >= 4 is 5.78 Å². The molecule has 0 N–H and O–H groups in total. The van der Waals surface area contributed by atoms with Crippen molar-refractivity contribution in [2.75, 3.05) is 0 Å². The van der Waals surface area contributed by atoms with Crippen molar-refractivity contribution in [3.8, 4) is 6.07 Å². The molecule has 1 aromatic heterocycles. The normalized spacial score (nSPS) is 16.9. The van der Waals surface area contributed by atoms with Gasteiger partial charge in [-0.1, -0.05) is 12.1 Å². The Morgan fingerprint density at radius 2 is 2.11 bits per heavy atom. The van der Waals surface area contributed by atoms with Crippen molar-refractivity contribution in [2.45, 2.75) is 18.9 Å². The molecule has 0 spiro atoms. The number of benzene rings is 1. The maximum Gasteiger partial charge on any atom is 0.212 e. The van der Waals surface area contributed by atoms with Crippen molar-refractivity contribution in [2.24, 2.45) is 0 Å². The molecule has 3 rings (SSSR count). The second kappa shape index (κ2) is 4.36. The predicted octanol–water partition coefficient (Wildman–Crippen LogP) is 2.87. The number of nitriles is 1. The fourth-order valence-corrected chi connectivity index (χ4v) is 2.56. The summed E-state index contributed by atoms with van der Waals surface area (Å²) in [6.07, 6.45) is 0.713. The van der Waals surface area contributed by atoms with Crippen LogP contribution in [-0.4, -0.2) is 10.4 Å². The summed E-state index contributed by atoms with van der Waals surface area (Å²) in [6.45, 7) is 0.635. The van der Waals surface area contributed by atoms with Crippen molar-refractivity contribution in [3.05, 3.63) is 59.2 Å². The molecule has 3 nitrogen and oxygen atoms in total. The number of hydrogen-bond acceptors (Lipinski definition) is 2. The summed E-state index contributed by atoms with van der Waals surface area (Å²) in [5, 5.41) is 9.01. The Morgan fingerprint density at radius 1 is 1.32 bits per heavy atom.